The summed E-state index contributed by atoms with van der Waals surface area (Å²) in [6, 6.07) is 4.63. The van der Waals surface area contributed by atoms with Gasteiger partial charge in [-0.15, -0.1) is 0 Å². The number of aromatic nitrogens is 2. The van der Waals surface area contributed by atoms with Gasteiger partial charge in [0.15, 0.2) is 11.6 Å². The van der Waals surface area contributed by atoms with Crippen LogP contribution in [0, 0.1) is 12.7 Å². The van der Waals surface area contributed by atoms with Crippen molar-refractivity contribution in [1.29, 1.82) is 0 Å². The molecular formula is C11H11FN4. The Bertz CT molecular complexity index is 493. The molecule has 16 heavy (non-hydrogen) atoms. The highest BCUT2D eigenvalue weighted by molar-refractivity contribution is 5.65. The van der Waals surface area contributed by atoms with Crippen LogP contribution < -0.4 is 11.1 Å². The van der Waals surface area contributed by atoms with Crippen molar-refractivity contribution in [3.8, 4) is 0 Å². The lowest BCUT2D eigenvalue weighted by Gasteiger charge is -2.07. The average Bonchev–Trinajstić information content (AvgIpc) is 2.20. The van der Waals surface area contributed by atoms with Crippen LogP contribution in [0.15, 0.2) is 30.6 Å². The van der Waals surface area contributed by atoms with Crippen molar-refractivity contribution in [3.05, 3.63) is 42.0 Å². The highest BCUT2D eigenvalue weighted by Crippen LogP contribution is 2.20. The summed E-state index contributed by atoms with van der Waals surface area (Å²) < 4.78 is 13.1. The molecule has 1 aromatic heterocycles. The van der Waals surface area contributed by atoms with Crippen LogP contribution in [-0.2, 0) is 0 Å². The second kappa shape index (κ2) is 4.14. The summed E-state index contributed by atoms with van der Waals surface area (Å²) >= 11 is 0. The summed E-state index contributed by atoms with van der Waals surface area (Å²) in [5.74, 6) is 0.405. The van der Waals surface area contributed by atoms with Gasteiger partial charge < -0.3 is 11.1 Å². The molecule has 4 nitrogen and oxygen atoms in total. The standard InChI is InChI=1S/C11H11FN4/c1-7-4-8(12)6-9(5-7)16-11-10(13)14-2-3-15-11/h2-6H,1H3,(H2,13,14)(H,15,16). The maximum Gasteiger partial charge on any atom is 0.173 e. The van der Waals surface area contributed by atoms with E-state index in [4.69, 9.17) is 5.73 Å². The third-order valence-corrected chi connectivity index (χ3v) is 2.03. The number of nitrogens with zero attached hydrogens (tertiary/aromatic N) is 2. The van der Waals surface area contributed by atoms with Gasteiger partial charge in [-0.3, -0.25) is 0 Å². The highest BCUT2D eigenvalue weighted by atomic mass is 19.1. The second-order valence-corrected chi connectivity index (χ2v) is 3.43. The summed E-state index contributed by atoms with van der Waals surface area (Å²) in [4.78, 5) is 7.89. The molecule has 1 aromatic carbocycles. The summed E-state index contributed by atoms with van der Waals surface area (Å²) in [7, 11) is 0. The van der Waals surface area contributed by atoms with E-state index in [9.17, 15) is 4.39 Å². The number of rotatable bonds is 2. The van der Waals surface area contributed by atoms with Gasteiger partial charge in [0.05, 0.1) is 0 Å². The van der Waals surface area contributed by atoms with Crippen LogP contribution in [0.3, 0.4) is 0 Å². The first-order chi connectivity index (χ1) is 7.65. The topological polar surface area (TPSA) is 63.8 Å². The molecule has 0 saturated carbocycles. The molecule has 0 saturated heterocycles. The zero-order chi connectivity index (χ0) is 11.5. The fraction of sp³-hybridized carbons (Fsp3) is 0.0909. The first-order valence-electron chi connectivity index (χ1n) is 4.76. The van der Waals surface area contributed by atoms with Gasteiger partial charge in [-0.1, -0.05) is 0 Å². The Morgan fingerprint density at radius 1 is 1.19 bits per heavy atom. The quantitative estimate of drug-likeness (QED) is 0.811. The zero-order valence-electron chi connectivity index (χ0n) is 8.74. The van der Waals surface area contributed by atoms with E-state index in [-0.39, 0.29) is 11.6 Å². The molecule has 1 heterocycles. The van der Waals surface area contributed by atoms with Crippen molar-refractivity contribution in [2.75, 3.05) is 11.1 Å². The van der Waals surface area contributed by atoms with E-state index in [1.165, 1.54) is 24.5 Å². The highest BCUT2D eigenvalue weighted by Gasteiger charge is 2.03. The average molecular weight is 218 g/mol. The maximum atomic E-state index is 13.1. The molecule has 0 amide bonds. The van der Waals surface area contributed by atoms with Crippen LogP contribution in [0.1, 0.15) is 5.56 Å². The monoisotopic (exact) mass is 218 g/mol. The lowest BCUT2D eigenvalue weighted by atomic mass is 10.2. The Kier molecular flexibility index (Phi) is 2.68. The Balaban J connectivity index is 2.30. The first-order valence-corrected chi connectivity index (χ1v) is 4.76. The Morgan fingerprint density at radius 2 is 1.94 bits per heavy atom. The molecule has 0 fully saturated rings. The minimum atomic E-state index is -0.301. The smallest absolute Gasteiger partial charge is 0.173 e. The Hall–Kier alpha value is -2.17. The fourth-order valence-corrected chi connectivity index (χ4v) is 1.39. The van der Waals surface area contributed by atoms with Gasteiger partial charge in [0, 0.05) is 18.1 Å². The van der Waals surface area contributed by atoms with Crippen molar-refractivity contribution in [2.24, 2.45) is 0 Å². The van der Waals surface area contributed by atoms with Crippen LogP contribution in [0.25, 0.3) is 0 Å². The third kappa shape index (κ3) is 2.25. The van der Waals surface area contributed by atoms with E-state index < -0.39 is 0 Å². The number of benzene rings is 1. The largest absolute Gasteiger partial charge is 0.381 e. The molecule has 82 valence electrons. The first kappa shape index (κ1) is 10.4. The molecule has 0 aliphatic carbocycles. The van der Waals surface area contributed by atoms with Crippen LogP contribution >= 0.6 is 0 Å². The van der Waals surface area contributed by atoms with Gasteiger partial charge in [0.2, 0.25) is 0 Å². The summed E-state index contributed by atoms with van der Waals surface area (Å²) in [6.45, 7) is 1.81. The number of halogens is 1. The molecule has 0 aliphatic rings. The van der Waals surface area contributed by atoms with Crippen molar-refractivity contribution < 1.29 is 4.39 Å². The molecular weight excluding hydrogens is 207 g/mol. The van der Waals surface area contributed by atoms with E-state index in [2.05, 4.69) is 15.3 Å². The molecule has 0 radical (unpaired) electrons. The number of nitrogens with one attached hydrogen (secondary N) is 1. The number of nitrogens with two attached hydrogens (primary N) is 1. The van der Waals surface area contributed by atoms with Crippen LogP contribution in [0.2, 0.25) is 0 Å². The molecule has 0 atom stereocenters. The predicted molar refractivity (Wildman–Crippen MR) is 60.9 cm³/mol. The zero-order valence-corrected chi connectivity index (χ0v) is 8.74. The Morgan fingerprint density at radius 3 is 2.62 bits per heavy atom. The lowest BCUT2D eigenvalue weighted by molar-refractivity contribution is 0.627. The van der Waals surface area contributed by atoms with E-state index in [1.54, 1.807) is 6.07 Å². The maximum absolute atomic E-state index is 13.1. The number of hydrogen-bond donors (Lipinski definition) is 2. The third-order valence-electron chi connectivity index (χ3n) is 2.03. The second-order valence-electron chi connectivity index (χ2n) is 3.43. The van der Waals surface area contributed by atoms with Gasteiger partial charge >= 0.3 is 0 Å². The van der Waals surface area contributed by atoms with E-state index in [1.807, 2.05) is 6.92 Å². The predicted octanol–water partition coefficient (Wildman–Crippen LogP) is 2.25. The molecule has 2 aromatic rings. The minimum Gasteiger partial charge on any atom is -0.381 e. The lowest BCUT2D eigenvalue weighted by Crippen LogP contribution is -2.01. The Labute approximate surface area is 92.3 Å². The fourth-order valence-electron chi connectivity index (χ4n) is 1.39. The number of anilines is 3. The molecule has 0 aliphatic heterocycles. The van der Waals surface area contributed by atoms with Gasteiger partial charge in [0.25, 0.3) is 0 Å². The van der Waals surface area contributed by atoms with E-state index in [0.29, 0.717) is 11.5 Å². The molecule has 0 unspecified atom stereocenters. The summed E-state index contributed by atoms with van der Waals surface area (Å²) in [5.41, 5.74) is 7.04. The van der Waals surface area contributed by atoms with E-state index >= 15 is 0 Å². The number of nitrogen functional groups attached to an aromatic ring is 1. The normalized spacial score (nSPS) is 10.1. The molecule has 0 bridgehead atoms. The van der Waals surface area contributed by atoms with Crippen molar-refractivity contribution >= 4 is 17.3 Å². The molecule has 5 heteroatoms. The van der Waals surface area contributed by atoms with Gasteiger partial charge in [-0.25, -0.2) is 14.4 Å². The molecule has 3 N–H and O–H groups in total. The number of hydrogen-bond acceptors (Lipinski definition) is 4. The van der Waals surface area contributed by atoms with E-state index in [0.717, 1.165) is 5.56 Å². The van der Waals surface area contributed by atoms with Gasteiger partial charge in [-0.2, -0.15) is 0 Å². The molecule has 2 rings (SSSR count). The molecule has 0 spiro atoms. The van der Waals surface area contributed by atoms with Crippen molar-refractivity contribution in [1.82, 2.24) is 9.97 Å². The van der Waals surface area contributed by atoms with Crippen molar-refractivity contribution in [3.63, 3.8) is 0 Å². The van der Waals surface area contributed by atoms with Crippen LogP contribution in [0.5, 0.6) is 0 Å². The van der Waals surface area contributed by atoms with Crippen LogP contribution in [-0.4, -0.2) is 9.97 Å². The minimum absolute atomic E-state index is 0.282. The van der Waals surface area contributed by atoms with Crippen molar-refractivity contribution in [2.45, 2.75) is 6.92 Å². The number of aryl methyl sites for hydroxylation is 1. The van der Waals surface area contributed by atoms with Gasteiger partial charge in [0.1, 0.15) is 5.82 Å². The van der Waals surface area contributed by atoms with Gasteiger partial charge in [-0.05, 0) is 30.7 Å². The SMILES string of the molecule is Cc1cc(F)cc(Nc2nccnc2N)c1. The summed E-state index contributed by atoms with van der Waals surface area (Å²) in [6.07, 6.45) is 3.02. The van der Waals surface area contributed by atoms with Crippen LogP contribution in [0.4, 0.5) is 21.7 Å². The summed E-state index contributed by atoms with van der Waals surface area (Å²) in [5, 5.41) is 2.92.